The van der Waals surface area contributed by atoms with Crippen LogP contribution in [0.1, 0.15) is 29.8 Å². The van der Waals surface area contributed by atoms with Crippen LogP contribution in [0, 0.1) is 0 Å². The number of imide groups is 1. The Balaban J connectivity index is 1.64. The fourth-order valence-electron chi connectivity index (χ4n) is 3.10. The molecular weight excluding hydrogens is 396 g/mol. The van der Waals surface area contributed by atoms with Crippen LogP contribution in [0.2, 0.25) is 5.02 Å². The standard InChI is InChI=1S/C21H21ClN2O5/c1-13(25)14-4-3-5-18(10-14)29-12-17(26)11-24-19(27)21(2,23-20(24)28)15-6-8-16(22)9-7-15/h3-10,17,26H,11-12H2,1-2H3,(H,23,28)/t17-,21-/m1/s1. The van der Waals surface area contributed by atoms with E-state index >= 15 is 0 Å². The van der Waals surface area contributed by atoms with Crippen molar-refractivity contribution in [3.8, 4) is 5.75 Å². The first-order valence-electron chi connectivity index (χ1n) is 9.03. The first-order valence-corrected chi connectivity index (χ1v) is 9.40. The van der Waals surface area contributed by atoms with Crippen molar-refractivity contribution in [2.75, 3.05) is 13.2 Å². The molecule has 1 aliphatic rings. The lowest BCUT2D eigenvalue weighted by Gasteiger charge is -2.23. The number of nitrogens with one attached hydrogen (secondary N) is 1. The molecule has 1 fully saturated rings. The number of aliphatic hydroxyl groups is 1. The van der Waals surface area contributed by atoms with E-state index in [9.17, 15) is 19.5 Å². The van der Waals surface area contributed by atoms with Gasteiger partial charge in [-0.2, -0.15) is 0 Å². The summed E-state index contributed by atoms with van der Waals surface area (Å²) in [6, 6.07) is 12.6. The zero-order chi connectivity index (χ0) is 21.2. The maximum Gasteiger partial charge on any atom is 0.325 e. The van der Waals surface area contributed by atoms with Crippen LogP contribution in [0.25, 0.3) is 0 Å². The number of ketones is 1. The van der Waals surface area contributed by atoms with Crippen LogP contribution in [0.4, 0.5) is 4.79 Å². The van der Waals surface area contributed by atoms with Crippen LogP contribution in [-0.2, 0) is 10.3 Å². The number of hydrogen-bond acceptors (Lipinski definition) is 5. The number of aliphatic hydroxyl groups excluding tert-OH is 1. The lowest BCUT2D eigenvalue weighted by atomic mass is 9.92. The summed E-state index contributed by atoms with van der Waals surface area (Å²) < 4.78 is 5.50. The number of amides is 3. The molecule has 1 heterocycles. The number of halogens is 1. The summed E-state index contributed by atoms with van der Waals surface area (Å²) in [4.78, 5) is 37.6. The summed E-state index contributed by atoms with van der Waals surface area (Å²) in [6.07, 6.45) is -1.10. The molecule has 0 unspecified atom stereocenters. The fourth-order valence-corrected chi connectivity index (χ4v) is 3.23. The Labute approximate surface area is 173 Å². The Morgan fingerprint density at radius 1 is 1.24 bits per heavy atom. The molecule has 1 saturated heterocycles. The average Bonchev–Trinajstić information content (AvgIpc) is 2.91. The van der Waals surface area contributed by atoms with Crippen LogP contribution in [0.5, 0.6) is 5.75 Å². The number of urea groups is 1. The predicted molar refractivity (Wildman–Crippen MR) is 107 cm³/mol. The Morgan fingerprint density at radius 3 is 2.59 bits per heavy atom. The molecule has 152 valence electrons. The summed E-state index contributed by atoms with van der Waals surface area (Å²) in [5, 5.41) is 13.5. The lowest BCUT2D eigenvalue weighted by molar-refractivity contribution is -0.132. The van der Waals surface area contributed by atoms with Crippen molar-refractivity contribution in [3.63, 3.8) is 0 Å². The van der Waals surface area contributed by atoms with Gasteiger partial charge in [-0.05, 0) is 43.7 Å². The number of nitrogens with zero attached hydrogens (tertiary/aromatic N) is 1. The molecule has 7 nitrogen and oxygen atoms in total. The van der Waals surface area contributed by atoms with Crippen LogP contribution in [-0.4, -0.2) is 47.0 Å². The quantitative estimate of drug-likeness (QED) is 0.534. The van der Waals surface area contributed by atoms with Crippen molar-refractivity contribution in [2.24, 2.45) is 0 Å². The van der Waals surface area contributed by atoms with Gasteiger partial charge in [0, 0.05) is 10.6 Å². The van der Waals surface area contributed by atoms with Crippen molar-refractivity contribution in [1.82, 2.24) is 10.2 Å². The maximum absolute atomic E-state index is 12.9. The molecule has 0 spiro atoms. The van der Waals surface area contributed by atoms with Crippen LogP contribution < -0.4 is 10.1 Å². The van der Waals surface area contributed by atoms with Crippen molar-refractivity contribution < 1.29 is 24.2 Å². The van der Waals surface area contributed by atoms with Crippen molar-refractivity contribution in [3.05, 3.63) is 64.7 Å². The minimum absolute atomic E-state index is 0.100. The Hall–Kier alpha value is -2.90. The SMILES string of the molecule is CC(=O)c1cccc(OC[C@H](O)CN2C(=O)N[C@](C)(c3ccc(Cl)cc3)C2=O)c1. The Morgan fingerprint density at radius 2 is 1.93 bits per heavy atom. The van der Waals surface area contributed by atoms with Gasteiger partial charge in [-0.25, -0.2) is 4.79 Å². The zero-order valence-corrected chi connectivity index (χ0v) is 16.8. The Kier molecular flexibility index (Phi) is 5.91. The van der Waals surface area contributed by atoms with Crippen LogP contribution in [0.3, 0.4) is 0 Å². The van der Waals surface area contributed by atoms with Gasteiger partial charge in [0.15, 0.2) is 5.78 Å². The second kappa shape index (κ2) is 8.23. The molecule has 0 saturated carbocycles. The first kappa shape index (κ1) is 20.8. The highest BCUT2D eigenvalue weighted by Gasteiger charge is 2.49. The third-order valence-corrected chi connectivity index (χ3v) is 5.02. The number of ether oxygens (including phenoxy) is 1. The van der Waals surface area contributed by atoms with E-state index < -0.39 is 23.6 Å². The molecule has 3 rings (SSSR count). The summed E-state index contributed by atoms with van der Waals surface area (Å²) in [5.74, 6) is -0.153. The maximum atomic E-state index is 12.9. The van der Waals surface area contributed by atoms with Crippen molar-refractivity contribution >= 4 is 29.3 Å². The van der Waals surface area contributed by atoms with E-state index in [0.717, 1.165) is 4.90 Å². The second-order valence-corrected chi connectivity index (χ2v) is 7.46. The number of benzene rings is 2. The van der Waals surface area contributed by atoms with Crippen molar-refractivity contribution in [1.29, 1.82) is 0 Å². The molecular formula is C21H21ClN2O5. The summed E-state index contributed by atoms with van der Waals surface area (Å²) >= 11 is 5.89. The molecule has 0 bridgehead atoms. The summed E-state index contributed by atoms with van der Waals surface area (Å²) in [6.45, 7) is 2.69. The van der Waals surface area contributed by atoms with Gasteiger partial charge in [-0.1, -0.05) is 35.9 Å². The van der Waals surface area contributed by atoms with E-state index in [1.165, 1.54) is 6.92 Å². The van der Waals surface area contributed by atoms with Crippen LogP contribution in [0.15, 0.2) is 48.5 Å². The van der Waals surface area contributed by atoms with Gasteiger partial charge >= 0.3 is 6.03 Å². The zero-order valence-electron chi connectivity index (χ0n) is 16.0. The van der Waals surface area contributed by atoms with Gasteiger partial charge in [0.05, 0.1) is 6.54 Å². The van der Waals surface area contributed by atoms with Gasteiger partial charge in [-0.3, -0.25) is 14.5 Å². The number of carbonyl (C=O) groups excluding carboxylic acids is 3. The van der Waals surface area contributed by atoms with E-state index in [1.54, 1.807) is 55.5 Å². The minimum Gasteiger partial charge on any atom is -0.491 e. The molecule has 2 aromatic rings. The van der Waals surface area contributed by atoms with Crippen molar-refractivity contribution in [2.45, 2.75) is 25.5 Å². The van der Waals surface area contributed by atoms with Gasteiger partial charge in [0.25, 0.3) is 5.91 Å². The molecule has 2 atom stereocenters. The lowest BCUT2D eigenvalue weighted by Crippen LogP contribution is -2.42. The average molecular weight is 417 g/mol. The van der Waals surface area contributed by atoms with Gasteiger partial charge in [0.1, 0.15) is 24.0 Å². The number of β-amino-alcohol motifs (C(OH)–C–C–N with tert-alkyl or cyclic N) is 1. The van der Waals surface area contributed by atoms with E-state index in [-0.39, 0.29) is 18.9 Å². The third kappa shape index (κ3) is 4.41. The number of rotatable bonds is 7. The smallest absolute Gasteiger partial charge is 0.325 e. The van der Waals surface area contributed by atoms with Gasteiger partial charge < -0.3 is 15.2 Å². The third-order valence-electron chi connectivity index (χ3n) is 4.77. The molecule has 3 amide bonds. The van der Waals surface area contributed by atoms with Gasteiger partial charge in [0.2, 0.25) is 0 Å². The van der Waals surface area contributed by atoms with Crippen LogP contribution >= 0.6 is 11.6 Å². The second-order valence-electron chi connectivity index (χ2n) is 7.03. The highest BCUT2D eigenvalue weighted by molar-refractivity contribution is 6.30. The van der Waals surface area contributed by atoms with Gasteiger partial charge in [-0.15, -0.1) is 0 Å². The normalized spacial score (nSPS) is 19.8. The Bertz CT molecular complexity index is 946. The highest BCUT2D eigenvalue weighted by Crippen LogP contribution is 2.29. The number of hydrogen-bond donors (Lipinski definition) is 2. The predicted octanol–water partition coefficient (Wildman–Crippen LogP) is 2.75. The highest BCUT2D eigenvalue weighted by atomic mass is 35.5. The first-order chi connectivity index (χ1) is 13.7. The topological polar surface area (TPSA) is 95.9 Å². The largest absolute Gasteiger partial charge is 0.491 e. The van der Waals surface area contributed by atoms with E-state index in [2.05, 4.69) is 5.32 Å². The molecule has 2 aromatic carbocycles. The molecule has 0 radical (unpaired) electrons. The summed E-state index contributed by atoms with van der Waals surface area (Å²) in [7, 11) is 0. The minimum atomic E-state index is -1.24. The summed E-state index contributed by atoms with van der Waals surface area (Å²) in [5.41, 5.74) is -0.155. The monoisotopic (exact) mass is 416 g/mol. The van der Waals surface area contributed by atoms with E-state index in [0.29, 0.717) is 21.9 Å². The fraction of sp³-hybridized carbons (Fsp3) is 0.286. The molecule has 0 aromatic heterocycles. The molecule has 0 aliphatic carbocycles. The molecule has 1 aliphatic heterocycles. The number of carbonyl (C=O) groups is 3. The van der Waals surface area contributed by atoms with E-state index in [1.807, 2.05) is 0 Å². The number of Topliss-reactive ketones (excluding diaryl/α,β-unsaturated/α-hetero) is 1. The molecule has 8 heteroatoms. The van der Waals surface area contributed by atoms with E-state index in [4.69, 9.17) is 16.3 Å². The molecule has 29 heavy (non-hydrogen) atoms. The molecule has 2 N–H and O–H groups in total.